The maximum Gasteiger partial charge on any atom is 0.527 e. The van der Waals surface area contributed by atoms with Gasteiger partial charge in [-0.05, 0) is 19.3 Å². The third-order valence-corrected chi connectivity index (χ3v) is 5.95. The molecule has 1 fully saturated rings. The molecule has 2 aromatic rings. The van der Waals surface area contributed by atoms with Gasteiger partial charge in [-0.2, -0.15) is 0 Å². The van der Waals surface area contributed by atoms with Crippen LogP contribution in [0.1, 0.15) is 44.1 Å². The number of piperazine rings is 1. The Hall–Kier alpha value is -4.26. The molecule has 13 heteroatoms. The molecular formula is C27H36N6O7. The van der Waals surface area contributed by atoms with Gasteiger partial charge in [-0.1, -0.05) is 44.2 Å². The van der Waals surface area contributed by atoms with Crippen molar-refractivity contribution in [2.24, 2.45) is 5.92 Å². The predicted molar refractivity (Wildman–Crippen MR) is 145 cm³/mol. The quantitative estimate of drug-likeness (QED) is 0.329. The monoisotopic (exact) mass is 556 g/mol. The van der Waals surface area contributed by atoms with E-state index in [4.69, 9.17) is 9.57 Å². The van der Waals surface area contributed by atoms with Gasteiger partial charge in [0.15, 0.2) is 5.82 Å². The lowest BCUT2D eigenvalue weighted by Crippen LogP contribution is -2.55. The molecule has 0 aliphatic carbocycles. The Morgan fingerprint density at radius 2 is 1.75 bits per heavy atom. The minimum atomic E-state index is -1.09. The van der Waals surface area contributed by atoms with Gasteiger partial charge in [-0.25, -0.2) is 14.8 Å². The third kappa shape index (κ3) is 9.19. The minimum Gasteiger partial charge on any atom is -0.481 e. The first kappa shape index (κ1) is 30.3. The van der Waals surface area contributed by atoms with Gasteiger partial charge in [0.25, 0.3) is 5.91 Å². The number of carbonyl (C=O) groups is 4. The van der Waals surface area contributed by atoms with E-state index >= 15 is 0 Å². The molecule has 1 aromatic carbocycles. The number of ether oxygens (including phenoxy) is 1. The second kappa shape index (κ2) is 14.8. The van der Waals surface area contributed by atoms with E-state index in [0.29, 0.717) is 29.7 Å². The molecule has 0 spiro atoms. The van der Waals surface area contributed by atoms with Crippen LogP contribution in [0.3, 0.4) is 0 Å². The summed E-state index contributed by atoms with van der Waals surface area (Å²) in [6.07, 6.45) is -1.24. The number of anilines is 1. The number of hydroxylamine groups is 2. The zero-order valence-electron chi connectivity index (χ0n) is 23.0. The molecule has 1 aliphatic rings. The van der Waals surface area contributed by atoms with Gasteiger partial charge in [0.2, 0.25) is 5.91 Å². The van der Waals surface area contributed by atoms with E-state index < -0.39 is 30.0 Å². The first-order chi connectivity index (χ1) is 19.2. The number of carboxylic acids is 1. The summed E-state index contributed by atoms with van der Waals surface area (Å²) in [5.74, 6) is -1.02. The number of aliphatic carboxylic acids is 1. The number of benzene rings is 1. The highest BCUT2D eigenvalue weighted by atomic mass is 16.8. The molecule has 0 unspecified atom stereocenters. The molecule has 1 aromatic heterocycles. The van der Waals surface area contributed by atoms with Crippen LogP contribution in [0.25, 0.3) is 11.4 Å². The van der Waals surface area contributed by atoms with E-state index in [2.05, 4.69) is 20.6 Å². The lowest BCUT2D eigenvalue weighted by molar-refractivity contribution is -0.157. The van der Waals surface area contributed by atoms with Gasteiger partial charge in [0.05, 0.1) is 19.7 Å². The van der Waals surface area contributed by atoms with Gasteiger partial charge in [-0.15, -0.1) is 5.06 Å². The summed E-state index contributed by atoms with van der Waals surface area (Å²) in [6.45, 7) is 7.45. The topological polar surface area (TPSA) is 163 Å². The normalized spacial score (nSPS) is 14.3. The second-order valence-electron chi connectivity index (χ2n) is 9.59. The maximum atomic E-state index is 13.4. The zero-order valence-corrected chi connectivity index (χ0v) is 23.0. The van der Waals surface area contributed by atoms with Crippen molar-refractivity contribution < 1.29 is 33.9 Å². The Bertz CT molecular complexity index is 1170. The largest absolute Gasteiger partial charge is 0.527 e. The zero-order chi connectivity index (χ0) is 29.1. The van der Waals surface area contributed by atoms with Crippen LogP contribution in [0.2, 0.25) is 0 Å². The summed E-state index contributed by atoms with van der Waals surface area (Å²) in [6, 6.07) is 9.61. The fourth-order valence-corrected chi connectivity index (χ4v) is 3.91. The molecule has 1 atom stereocenters. The lowest BCUT2D eigenvalue weighted by Gasteiger charge is -2.35. The van der Waals surface area contributed by atoms with Crippen molar-refractivity contribution in [3.63, 3.8) is 0 Å². The lowest BCUT2D eigenvalue weighted by atomic mass is 10.1. The fourth-order valence-electron chi connectivity index (χ4n) is 3.91. The second-order valence-corrected chi connectivity index (χ2v) is 9.59. The number of rotatable bonds is 12. The molecule has 1 aliphatic heterocycles. The highest BCUT2D eigenvalue weighted by Crippen LogP contribution is 2.19. The maximum absolute atomic E-state index is 13.4. The average molecular weight is 557 g/mol. The SMILES string of the molecule is CCOC(=O)ON1CCN(C(=O)[C@H](CCC(=O)O)NC(=O)c2cc(NCC(C)C)nc(-c3ccccc3)n2)CC1. The van der Waals surface area contributed by atoms with Crippen molar-refractivity contribution in [3.05, 3.63) is 42.1 Å². The average Bonchev–Trinajstić information content (AvgIpc) is 2.94. The number of nitrogens with one attached hydrogen (secondary N) is 2. The van der Waals surface area contributed by atoms with Crippen LogP contribution < -0.4 is 10.6 Å². The first-order valence-electron chi connectivity index (χ1n) is 13.3. The Labute approximate surface area is 232 Å². The summed E-state index contributed by atoms with van der Waals surface area (Å²) in [7, 11) is 0. The van der Waals surface area contributed by atoms with Crippen molar-refractivity contribution in [1.29, 1.82) is 0 Å². The van der Waals surface area contributed by atoms with Crippen LogP contribution in [-0.2, 0) is 19.2 Å². The molecule has 3 N–H and O–H groups in total. The molecule has 2 amide bonds. The van der Waals surface area contributed by atoms with E-state index in [0.717, 1.165) is 0 Å². The number of nitrogens with zero attached hydrogens (tertiary/aromatic N) is 4. The summed E-state index contributed by atoms with van der Waals surface area (Å²) < 4.78 is 4.77. The van der Waals surface area contributed by atoms with Crippen LogP contribution in [-0.4, -0.2) is 94.3 Å². The predicted octanol–water partition coefficient (Wildman–Crippen LogP) is 2.41. The summed E-state index contributed by atoms with van der Waals surface area (Å²) in [5.41, 5.74) is 0.757. The van der Waals surface area contributed by atoms with Crippen molar-refractivity contribution in [1.82, 2.24) is 25.2 Å². The third-order valence-electron chi connectivity index (χ3n) is 5.95. The Balaban J connectivity index is 1.76. The first-order valence-corrected chi connectivity index (χ1v) is 13.3. The van der Waals surface area contributed by atoms with Crippen molar-refractivity contribution in [2.75, 3.05) is 44.6 Å². The van der Waals surface area contributed by atoms with Crippen LogP contribution in [0.4, 0.5) is 10.6 Å². The summed E-state index contributed by atoms with van der Waals surface area (Å²) >= 11 is 0. The molecule has 1 saturated heterocycles. The van der Waals surface area contributed by atoms with Gasteiger partial charge in [0.1, 0.15) is 17.6 Å². The van der Waals surface area contributed by atoms with E-state index in [9.17, 15) is 24.3 Å². The molecule has 0 saturated carbocycles. The minimum absolute atomic E-state index is 0.0425. The van der Waals surface area contributed by atoms with E-state index in [-0.39, 0.29) is 51.3 Å². The van der Waals surface area contributed by atoms with Gasteiger partial charge in [-0.3, -0.25) is 14.4 Å². The van der Waals surface area contributed by atoms with E-state index in [1.807, 2.05) is 44.2 Å². The number of carbonyl (C=O) groups excluding carboxylic acids is 3. The molecule has 40 heavy (non-hydrogen) atoms. The summed E-state index contributed by atoms with van der Waals surface area (Å²) in [5, 5.41) is 16.5. The molecule has 0 radical (unpaired) electrons. The molecule has 216 valence electrons. The van der Waals surface area contributed by atoms with Gasteiger partial charge >= 0.3 is 12.1 Å². The van der Waals surface area contributed by atoms with Gasteiger partial charge in [0, 0.05) is 37.7 Å². The fraction of sp³-hybridized carbons (Fsp3) is 0.481. The number of aromatic nitrogens is 2. The Kier molecular flexibility index (Phi) is 11.2. The number of carboxylic acid groups (broad SMARTS) is 1. The van der Waals surface area contributed by atoms with E-state index in [1.165, 1.54) is 16.0 Å². The van der Waals surface area contributed by atoms with Crippen molar-refractivity contribution in [3.8, 4) is 11.4 Å². The smallest absolute Gasteiger partial charge is 0.481 e. The molecule has 3 rings (SSSR count). The summed E-state index contributed by atoms with van der Waals surface area (Å²) in [4.78, 5) is 65.2. The number of hydrogen-bond donors (Lipinski definition) is 3. The Morgan fingerprint density at radius 3 is 2.38 bits per heavy atom. The van der Waals surface area contributed by atoms with Gasteiger partial charge < -0.3 is 30.2 Å². The van der Waals surface area contributed by atoms with Crippen LogP contribution in [0, 0.1) is 5.92 Å². The molecule has 13 nitrogen and oxygen atoms in total. The highest BCUT2D eigenvalue weighted by molar-refractivity contribution is 5.97. The van der Waals surface area contributed by atoms with Crippen molar-refractivity contribution >= 4 is 29.8 Å². The molecule has 2 heterocycles. The molecular weight excluding hydrogens is 520 g/mol. The number of hydrogen-bond acceptors (Lipinski definition) is 10. The van der Waals surface area contributed by atoms with Crippen LogP contribution in [0.15, 0.2) is 36.4 Å². The van der Waals surface area contributed by atoms with Crippen molar-refractivity contribution in [2.45, 2.75) is 39.7 Å². The van der Waals surface area contributed by atoms with Crippen LogP contribution in [0.5, 0.6) is 0 Å². The number of amides is 2. The standard InChI is InChI=1S/C27H36N6O7/c1-4-39-27(38)40-33-14-12-32(13-15-33)26(37)20(10-11-23(34)35)30-25(36)21-16-22(28-17-18(2)3)31-24(29-21)19-8-6-5-7-9-19/h5-9,16,18,20H,4,10-15,17H2,1-3H3,(H,30,36)(H,34,35)(H,28,29,31)/t20-/m0/s1. The van der Waals surface area contributed by atoms with Crippen LogP contribution >= 0.6 is 0 Å². The van der Waals surface area contributed by atoms with E-state index in [1.54, 1.807) is 6.92 Å². The Morgan fingerprint density at radius 1 is 1.05 bits per heavy atom. The highest BCUT2D eigenvalue weighted by Gasteiger charge is 2.31. The molecule has 0 bridgehead atoms.